The molecule has 1 aromatic heterocycles. The lowest BCUT2D eigenvalue weighted by Gasteiger charge is -2.18. The summed E-state index contributed by atoms with van der Waals surface area (Å²) >= 11 is 0. The van der Waals surface area contributed by atoms with Gasteiger partial charge in [-0.2, -0.15) is 0 Å². The van der Waals surface area contributed by atoms with Gasteiger partial charge >= 0.3 is 0 Å². The van der Waals surface area contributed by atoms with E-state index in [1.165, 1.54) is 0 Å². The van der Waals surface area contributed by atoms with Gasteiger partial charge in [0, 0.05) is 6.04 Å². The Labute approximate surface area is 129 Å². The first-order valence-corrected chi connectivity index (χ1v) is 7.11. The average Bonchev–Trinajstić information content (AvgIpc) is 2.45. The van der Waals surface area contributed by atoms with E-state index in [0.717, 1.165) is 22.6 Å². The van der Waals surface area contributed by atoms with E-state index in [9.17, 15) is 4.79 Å². The molecule has 2 aromatic rings. The fourth-order valence-electron chi connectivity index (χ4n) is 2.54. The second kappa shape index (κ2) is 6.05. The molecule has 3 N–H and O–H groups in total. The van der Waals surface area contributed by atoms with Crippen molar-refractivity contribution in [2.75, 3.05) is 7.11 Å². The molecule has 0 aliphatic heterocycles. The van der Waals surface area contributed by atoms with Crippen LogP contribution in [0.2, 0.25) is 0 Å². The van der Waals surface area contributed by atoms with E-state index in [1.54, 1.807) is 17.7 Å². The summed E-state index contributed by atoms with van der Waals surface area (Å²) in [5.74, 6) is 0.597. The lowest BCUT2D eigenvalue weighted by molar-refractivity contribution is 0.412. The third-order valence-electron chi connectivity index (χ3n) is 3.61. The Hall–Kier alpha value is -2.56. The van der Waals surface area contributed by atoms with Crippen molar-refractivity contribution in [3.63, 3.8) is 0 Å². The summed E-state index contributed by atoms with van der Waals surface area (Å²) in [6.45, 7) is 5.83. The number of ether oxygens (including phenoxy) is 1. The SMILES string of the molecule is COc1ccc(-c2ccc(C(=N)N)c(=O)n2C(C)C)cc1C. The van der Waals surface area contributed by atoms with Crippen molar-refractivity contribution < 1.29 is 4.74 Å². The van der Waals surface area contributed by atoms with Crippen LogP contribution in [0.1, 0.15) is 31.0 Å². The molecular formula is C17H21N3O2. The largest absolute Gasteiger partial charge is 0.496 e. The van der Waals surface area contributed by atoms with Crippen molar-refractivity contribution in [1.29, 1.82) is 5.41 Å². The van der Waals surface area contributed by atoms with Crippen LogP contribution in [0, 0.1) is 12.3 Å². The van der Waals surface area contributed by atoms with E-state index in [1.807, 2.05) is 45.0 Å². The second-order valence-electron chi connectivity index (χ2n) is 5.50. The van der Waals surface area contributed by atoms with Crippen molar-refractivity contribution >= 4 is 5.84 Å². The summed E-state index contributed by atoms with van der Waals surface area (Å²) in [5, 5.41) is 7.52. The van der Waals surface area contributed by atoms with E-state index >= 15 is 0 Å². The summed E-state index contributed by atoms with van der Waals surface area (Å²) in [6.07, 6.45) is 0. The molecule has 22 heavy (non-hydrogen) atoms. The van der Waals surface area contributed by atoms with Gasteiger partial charge in [0.25, 0.3) is 5.56 Å². The highest BCUT2D eigenvalue weighted by Gasteiger charge is 2.15. The van der Waals surface area contributed by atoms with E-state index in [0.29, 0.717) is 0 Å². The van der Waals surface area contributed by atoms with E-state index in [-0.39, 0.29) is 23.0 Å². The number of aromatic nitrogens is 1. The smallest absolute Gasteiger partial charge is 0.262 e. The molecule has 2 rings (SSSR count). The zero-order valence-corrected chi connectivity index (χ0v) is 13.3. The Morgan fingerprint density at radius 1 is 1.27 bits per heavy atom. The first-order valence-electron chi connectivity index (χ1n) is 7.11. The van der Waals surface area contributed by atoms with Crippen molar-refractivity contribution in [2.45, 2.75) is 26.8 Å². The molecule has 0 fully saturated rings. The van der Waals surface area contributed by atoms with E-state index < -0.39 is 0 Å². The van der Waals surface area contributed by atoms with Gasteiger partial charge in [-0.1, -0.05) is 0 Å². The lowest BCUT2D eigenvalue weighted by Crippen LogP contribution is -2.31. The Morgan fingerprint density at radius 2 is 1.95 bits per heavy atom. The van der Waals surface area contributed by atoms with Gasteiger partial charge in [-0.05, 0) is 62.2 Å². The minimum absolute atomic E-state index is 0.0378. The third-order valence-corrected chi connectivity index (χ3v) is 3.61. The maximum Gasteiger partial charge on any atom is 0.262 e. The molecule has 5 heteroatoms. The number of nitrogen functional groups attached to an aromatic ring is 1. The van der Waals surface area contributed by atoms with Gasteiger partial charge in [0.05, 0.1) is 18.4 Å². The van der Waals surface area contributed by atoms with Crippen molar-refractivity contribution in [3.8, 4) is 17.0 Å². The summed E-state index contributed by atoms with van der Waals surface area (Å²) in [7, 11) is 1.63. The number of nitrogens with zero attached hydrogens (tertiary/aromatic N) is 1. The average molecular weight is 299 g/mol. The number of hydrogen-bond donors (Lipinski definition) is 2. The molecule has 0 aliphatic rings. The number of nitrogens with one attached hydrogen (secondary N) is 1. The van der Waals surface area contributed by atoms with Gasteiger partial charge in [-0.15, -0.1) is 0 Å². The zero-order chi connectivity index (χ0) is 16.4. The van der Waals surface area contributed by atoms with Crippen molar-refractivity contribution in [2.24, 2.45) is 5.73 Å². The van der Waals surface area contributed by atoms with E-state index in [2.05, 4.69) is 0 Å². The molecule has 0 spiro atoms. The number of pyridine rings is 1. The molecule has 1 heterocycles. The first kappa shape index (κ1) is 15.8. The van der Waals surface area contributed by atoms with Crippen LogP contribution >= 0.6 is 0 Å². The van der Waals surface area contributed by atoms with Gasteiger partial charge in [-0.3, -0.25) is 10.2 Å². The highest BCUT2D eigenvalue weighted by Crippen LogP contribution is 2.27. The summed E-state index contributed by atoms with van der Waals surface area (Å²) < 4.78 is 6.94. The molecule has 5 nitrogen and oxygen atoms in total. The Kier molecular flexibility index (Phi) is 4.35. The van der Waals surface area contributed by atoms with Crippen LogP contribution in [0.4, 0.5) is 0 Å². The highest BCUT2D eigenvalue weighted by molar-refractivity contribution is 5.94. The van der Waals surface area contributed by atoms with Crippen LogP contribution in [-0.4, -0.2) is 17.5 Å². The van der Waals surface area contributed by atoms with Crippen LogP contribution in [0.15, 0.2) is 35.1 Å². The number of methoxy groups -OCH3 is 1. The fraction of sp³-hybridized carbons (Fsp3) is 0.294. The number of aryl methyl sites for hydroxylation is 1. The first-order chi connectivity index (χ1) is 10.4. The molecule has 1 aromatic carbocycles. The maximum absolute atomic E-state index is 12.6. The minimum Gasteiger partial charge on any atom is -0.496 e. The second-order valence-corrected chi connectivity index (χ2v) is 5.50. The normalized spacial score (nSPS) is 10.8. The quantitative estimate of drug-likeness (QED) is 0.672. The zero-order valence-electron chi connectivity index (χ0n) is 13.3. The molecule has 0 aliphatic carbocycles. The maximum atomic E-state index is 12.6. The standard InChI is InChI=1S/C17H21N3O2/c1-10(2)20-14(7-6-13(16(18)19)17(20)21)12-5-8-15(22-4)11(3)9-12/h5-10H,1-4H3,(H3,18,19). The molecule has 0 saturated heterocycles. The number of hydrogen-bond acceptors (Lipinski definition) is 3. The van der Waals surface area contributed by atoms with Gasteiger partial charge in [0.15, 0.2) is 0 Å². The lowest BCUT2D eigenvalue weighted by atomic mass is 10.0. The highest BCUT2D eigenvalue weighted by atomic mass is 16.5. The Bertz CT molecular complexity index is 776. The third kappa shape index (κ3) is 2.74. The van der Waals surface area contributed by atoms with Gasteiger partial charge < -0.3 is 15.0 Å². The van der Waals surface area contributed by atoms with E-state index in [4.69, 9.17) is 15.9 Å². The number of nitrogens with two attached hydrogens (primary N) is 1. The fourth-order valence-corrected chi connectivity index (χ4v) is 2.54. The molecule has 0 bridgehead atoms. The molecule has 116 valence electrons. The number of rotatable bonds is 4. The molecular weight excluding hydrogens is 278 g/mol. The summed E-state index contributed by atoms with van der Waals surface area (Å²) in [6, 6.07) is 9.20. The number of benzene rings is 1. The van der Waals surface area contributed by atoms with Crippen LogP contribution < -0.4 is 16.0 Å². The Balaban J connectivity index is 2.70. The van der Waals surface area contributed by atoms with Crippen LogP contribution in [0.25, 0.3) is 11.3 Å². The Morgan fingerprint density at radius 3 is 2.45 bits per heavy atom. The monoisotopic (exact) mass is 299 g/mol. The van der Waals surface area contributed by atoms with Crippen LogP contribution in [0.5, 0.6) is 5.75 Å². The predicted molar refractivity (Wildman–Crippen MR) is 88.8 cm³/mol. The van der Waals surface area contributed by atoms with Crippen LogP contribution in [-0.2, 0) is 0 Å². The molecule has 0 unspecified atom stereocenters. The topological polar surface area (TPSA) is 81.1 Å². The molecule has 0 saturated carbocycles. The minimum atomic E-state index is -0.242. The molecule has 0 amide bonds. The van der Waals surface area contributed by atoms with Gasteiger partial charge in [0.2, 0.25) is 0 Å². The predicted octanol–water partition coefficient (Wildman–Crippen LogP) is 2.70. The van der Waals surface area contributed by atoms with Crippen molar-refractivity contribution in [3.05, 3.63) is 51.8 Å². The number of amidine groups is 1. The van der Waals surface area contributed by atoms with Gasteiger partial charge in [0.1, 0.15) is 11.6 Å². The van der Waals surface area contributed by atoms with Gasteiger partial charge in [-0.25, -0.2) is 0 Å². The molecule has 0 radical (unpaired) electrons. The van der Waals surface area contributed by atoms with Crippen molar-refractivity contribution in [1.82, 2.24) is 4.57 Å². The van der Waals surface area contributed by atoms with Crippen LogP contribution in [0.3, 0.4) is 0 Å². The summed E-state index contributed by atoms with van der Waals surface area (Å²) in [4.78, 5) is 12.6. The molecule has 0 atom stereocenters. The summed E-state index contributed by atoms with van der Waals surface area (Å²) in [5.41, 5.74) is 8.20.